The van der Waals surface area contributed by atoms with Gasteiger partial charge in [0.05, 0.1) is 28.2 Å². The van der Waals surface area contributed by atoms with E-state index in [9.17, 15) is 30.0 Å². The second-order valence-corrected chi connectivity index (χ2v) is 14.0. The molecule has 10 unspecified atom stereocenters. The third-order valence-corrected chi connectivity index (χ3v) is 12.4. The van der Waals surface area contributed by atoms with Crippen LogP contribution in [0, 0.1) is 22.7 Å². The predicted octanol–water partition coefficient (Wildman–Crippen LogP) is 4.43. The SMILES string of the molecule is CC(OC(=O)c1ccccc1)C1(O)CCC2(O)C3(O)CCC4CC(O)CCC4(C)C3CC(OC(=O)c3ccccc3)C12C. The summed E-state index contributed by atoms with van der Waals surface area (Å²) in [6.07, 6.45) is 0.645. The highest BCUT2D eigenvalue weighted by atomic mass is 16.6. The lowest BCUT2D eigenvalue weighted by Crippen LogP contribution is -2.79. The number of rotatable bonds is 5. The second-order valence-electron chi connectivity index (χ2n) is 14.0. The Morgan fingerprint density at radius 3 is 2.05 bits per heavy atom. The minimum Gasteiger partial charge on any atom is -0.458 e. The van der Waals surface area contributed by atoms with Crippen LogP contribution < -0.4 is 0 Å². The normalized spacial score (nSPS) is 42.6. The van der Waals surface area contributed by atoms with Crippen LogP contribution in [0.2, 0.25) is 0 Å². The number of aliphatic hydroxyl groups is 4. The lowest BCUT2D eigenvalue weighted by atomic mass is 9.40. The summed E-state index contributed by atoms with van der Waals surface area (Å²) in [5.41, 5.74) is -6.58. The van der Waals surface area contributed by atoms with Crippen LogP contribution in [0.1, 0.15) is 92.9 Å². The summed E-state index contributed by atoms with van der Waals surface area (Å²) < 4.78 is 12.1. The van der Waals surface area contributed by atoms with Crippen LogP contribution >= 0.6 is 0 Å². The number of ether oxygens (including phenoxy) is 2. The van der Waals surface area contributed by atoms with Crippen LogP contribution in [-0.4, -0.2) is 67.5 Å². The molecule has 0 spiro atoms. The van der Waals surface area contributed by atoms with Crippen molar-refractivity contribution in [2.45, 2.75) is 107 Å². The largest absolute Gasteiger partial charge is 0.458 e. The van der Waals surface area contributed by atoms with Gasteiger partial charge in [0.25, 0.3) is 0 Å². The first-order valence-corrected chi connectivity index (χ1v) is 15.7. The molecule has 0 aliphatic heterocycles. The first-order valence-electron chi connectivity index (χ1n) is 15.7. The molecule has 4 fully saturated rings. The van der Waals surface area contributed by atoms with E-state index in [0.29, 0.717) is 43.2 Å². The first kappa shape index (κ1) is 30.3. The van der Waals surface area contributed by atoms with Gasteiger partial charge in [0, 0.05) is 0 Å². The van der Waals surface area contributed by atoms with E-state index >= 15 is 0 Å². The van der Waals surface area contributed by atoms with E-state index in [0.717, 1.165) is 0 Å². The average molecular weight is 593 g/mol. The molecule has 4 saturated carbocycles. The van der Waals surface area contributed by atoms with Gasteiger partial charge < -0.3 is 29.9 Å². The Bertz CT molecular complexity index is 1370. The summed E-state index contributed by atoms with van der Waals surface area (Å²) in [5, 5.41) is 48.7. The summed E-state index contributed by atoms with van der Waals surface area (Å²) in [6.45, 7) is 5.42. The molecular weight excluding hydrogens is 548 g/mol. The van der Waals surface area contributed by atoms with Crippen LogP contribution in [0.15, 0.2) is 60.7 Å². The quantitative estimate of drug-likeness (QED) is 0.375. The molecule has 0 amide bonds. The van der Waals surface area contributed by atoms with Gasteiger partial charge in [-0.05, 0) is 99.8 Å². The van der Waals surface area contributed by atoms with Crippen molar-refractivity contribution in [1.82, 2.24) is 0 Å². The van der Waals surface area contributed by atoms with Crippen LogP contribution in [0.5, 0.6) is 0 Å². The van der Waals surface area contributed by atoms with Crippen molar-refractivity contribution in [3.8, 4) is 0 Å². The number of aliphatic hydroxyl groups excluding tert-OH is 1. The van der Waals surface area contributed by atoms with Gasteiger partial charge in [0.1, 0.15) is 23.4 Å². The third kappa shape index (κ3) is 4.24. The van der Waals surface area contributed by atoms with Crippen LogP contribution in [-0.2, 0) is 9.47 Å². The Morgan fingerprint density at radius 1 is 0.814 bits per heavy atom. The van der Waals surface area contributed by atoms with Crippen molar-refractivity contribution in [3.63, 3.8) is 0 Å². The third-order valence-electron chi connectivity index (χ3n) is 12.4. The van der Waals surface area contributed by atoms with Crippen LogP contribution in [0.3, 0.4) is 0 Å². The number of carbonyl (C=O) groups is 2. The molecule has 2 aromatic carbocycles. The van der Waals surface area contributed by atoms with E-state index in [1.165, 1.54) is 0 Å². The van der Waals surface area contributed by atoms with E-state index in [1.807, 2.05) is 0 Å². The lowest BCUT2D eigenvalue weighted by Gasteiger charge is -2.69. The maximum Gasteiger partial charge on any atom is 0.338 e. The monoisotopic (exact) mass is 592 g/mol. The van der Waals surface area contributed by atoms with Crippen molar-refractivity contribution in [2.24, 2.45) is 22.7 Å². The fourth-order valence-corrected chi connectivity index (χ4v) is 9.75. The molecule has 4 aliphatic carbocycles. The summed E-state index contributed by atoms with van der Waals surface area (Å²) in [6, 6.07) is 17.1. The van der Waals surface area contributed by atoms with Crippen molar-refractivity contribution in [2.75, 3.05) is 0 Å². The molecule has 0 aromatic heterocycles. The summed E-state index contributed by atoms with van der Waals surface area (Å²) in [4.78, 5) is 26.7. The Hall–Kier alpha value is -2.78. The zero-order chi connectivity index (χ0) is 30.8. The van der Waals surface area contributed by atoms with E-state index in [2.05, 4.69) is 6.92 Å². The Morgan fingerprint density at radius 2 is 1.42 bits per heavy atom. The summed E-state index contributed by atoms with van der Waals surface area (Å²) in [5.74, 6) is -1.49. The zero-order valence-corrected chi connectivity index (χ0v) is 25.2. The van der Waals surface area contributed by atoms with Crippen molar-refractivity contribution >= 4 is 11.9 Å². The van der Waals surface area contributed by atoms with Crippen molar-refractivity contribution in [1.29, 1.82) is 0 Å². The molecule has 43 heavy (non-hydrogen) atoms. The Labute approximate surface area is 253 Å². The molecule has 232 valence electrons. The molecule has 4 N–H and O–H groups in total. The molecule has 0 saturated heterocycles. The minimum atomic E-state index is -1.85. The highest BCUT2D eigenvalue weighted by Gasteiger charge is 2.82. The van der Waals surface area contributed by atoms with Gasteiger partial charge in [0.2, 0.25) is 0 Å². The van der Waals surface area contributed by atoms with Gasteiger partial charge in [0.15, 0.2) is 0 Å². The van der Waals surface area contributed by atoms with Gasteiger partial charge in [-0.2, -0.15) is 0 Å². The standard InChI is InChI=1S/C35H44O8/c1-22(42-29(37)23-10-6-4-7-11-23)33(39)18-19-35(41)32(33,3)28(43-30(38)24-12-8-5-9-13-24)21-27-31(2)16-15-26(36)20-25(31)14-17-34(27,35)40/h4-13,22,25-28,36,39-41H,14-21H2,1-3H3. The molecule has 8 nitrogen and oxygen atoms in total. The molecule has 0 bridgehead atoms. The van der Waals surface area contributed by atoms with Crippen molar-refractivity contribution in [3.05, 3.63) is 71.8 Å². The smallest absolute Gasteiger partial charge is 0.338 e. The molecule has 6 rings (SSSR count). The summed E-state index contributed by atoms with van der Waals surface area (Å²) in [7, 11) is 0. The maximum atomic E-state index is 13.6. The highest BCUT2D eigenvalue weighted by molar-refractivity contribution is 5.90. The maximum absolute atomic E-state index is 13.6. The fourth-order valence-electron chi connectivity index (χ4n) is 9.75. The van der Waals surface area contributed by atoms with Gasteiger partial charge in [-0.1, -0.05) is 50.2 Å². The minimum absolute atomic E-state index is 0.0382. The predicted molar refractivity (Wildman–Crippen MR) is 158 cm³/mol. The molecular formula is C35H44O8. The van der Waals surface area contributed by atoms with Crippen LogP contribution in [0.25, 0.3) is 0 Å². The molecule has 4 aliphatic rings. The average Bonchev–Trinajstić information content (AvgIpc) is 3.23. The topological polar surface area (TPSA) is 134 Å². The molecule has 10 atom stereocenters. The van der Waals surface area contributed by atoms with Gasteiger partial charge in [-0.25, -0.2) is 9.59 Å². The Kier molecular flexibility index (Phi) is 7.32. The fraction of sp³-hybridized carbons (Fsp3) is 0.600. The van der Waals surface area contributed by atoms with Crippen molar-refractivity contribution < 1.29 is 39.5 Å². The number of hydrogen-bond acceptors (Lipinski definition) is 8. The van der Waals surface area contributed by atoms with Crippen LogP contribution in [0.4, 0.5) is 0 Å². The first-order chi connectivity index (χ1) is 20.3. The summed E-state index contributed by atoms with van der Waals surface area (Å²) >= 11 is 0. The Balaban J connectivity index is 1.42. The number of esters is 2. The van der Waals surface area contributed by atoms with E-state index < -0.39 is 63.8 Å². The molecule has 0 heterocycles. The van der Waals surface area contributed by atoms with E-state index in [4.69, 9.17) is 9.47 Å². The van der Waals surface area contributed by atoms with E-state index in [1.54, 1.807) is 74.5 Å². The zero-order valence-electron chi connectivity index (χ0n) is 25.2. The number of carbonyl (C=O) groups excluding carboxylic acids is 2. The molecule has 0 radical (unpaired) electrons. The van der Waals surface area contributed by atoms with Gasteiger partial charge in [-0.15, -0.1) is 0 Å². The number of hydrogen-bond donors (Lipinski definition) is 4. The highest BCUT2D eigenvalue weighted by Crippen LogP contribution is 2.72. The molecule has 8 heteroatoms. The van der Waals surface area contributed by atoms with E-state index in [-0.39, 0.29) is 25.2 Å². The van der Waals surface area contributed by atoms with Gasteiger partial charge >= 0.3 is 11.9 Å². The van der Waals surface area contributed by atoms with Gasteiger partial charge in [-0.3, -0.25) is 0 Å². The lowest BCUT2D eigenvalue weighted by molar-refractivity contribution is -0.340. The number of fused-ring (bicyclic) bond motifs is 5. The number of benzene rings is 2. The second kappa shape index (κ2) is 10.4. The molecule has 2 aromatic rings.